The van der Waals surface area contributed by atoms with Crippen LogP contribution in [0.2, 0.25) is 0 Å². The van der Waals surface area contributed by atoms with E-state index in [2.05, 4.69) is 15.5 Å². The van der Waals surface area contributed by atoms with Gasteiger partial charge >= 0.3 is 0 Å². The topological polar surface area (TPSA) is 69.4 Å². The lowest BCUT2D eigenvalue weighted by atomic mass is 10.2. The molecule has 1 saturated heterocycles. The molecule has 0 saturated carbocycles. The fourth-order valence-electron chi connectivity index (χ4n) is 1.77. The molecule has 0 unspecified atom stereocenters. The highest BCUT2D eigenvalue weighted by molar-refractivity contribution is 4.97. The first-order valence-corrected chi connectivity index (χ1v) is 5.41. The highest BCUT2D eigenvalue weighted by Gasteiger charge is 2.29. The molecule has 6 heteroatoms. The minimum Gasteiger partial charge on any atom is -0.384 e. The van der Waals surface area contributed by atoms with Crippen LogP contribution in [0.25, 0.3) is 0 Å². The molecule has 16 heavy (non-hydrogen) atoms. The second kappa shape index (κ2) is 5.38. The second-order valence-corrected chi connectivity index (χ2v) is 3.85. The van der Waals surface area contributed by atoms with E-state index in [-0.39, 0.29) is 12.1 Å². The largest absolute Gasteiger partial charge is 0.384 e. The van der Waals surface area contributed by atoms with Gasteiger partial charge in [-0.1, -0.05) is 5.16 Å². The van der Waals surface area contributed by atoms with E-state index in [1.54, 1.807) is 14.2 Å². The maximum absolute atomic E-state index is 5.26. The Morgan fingerprint density at radius 3 is 3.06 bits per heavy atom. The monoisotopic (exact) mass is 227 g/mol. The van der Waals surface area contributed by atoms with Crippen LogP contribution in [0, 0.1) is 0 Å². The SMILES string of the molecule is COCCc1noc([C@H]2C[C@H](OC)CN2)n1. The number of methoxy groups -OCH3 is 2. The van der Waals surface area contributed by atoms with Crippen LogP contribution in [0.15, 0.2) is 4.52 Å². The summed E-state index contributed by atoms with van der Waals surface area (Å²) < 4.78 is 15.4. The summed E-state index contributed by atoms with van der Waals surface area (Å²) >= 11 is 0. The third kappa shape index (κ3) is 2.58. The molecule has 0 radical (unpaired) electrons. The lowest BCUT2D eigenvalue weighted by Crippen LogP contribution is -2.16. The van der Waals surface area contributed by atoms with Crippen molar-refractivity contribution in [2.45, 2.75) is 25.0 Å². The molecule has 0 amide bonds. The number of nitrogens with zero attached hydrogens (tertiary/aromatic N) is 2. The predicted octanol–water partition coefficient (Wildman–Crippen LogP) is 0.308. The van der Waals surface area contributed by atoms with E-state index < -0.39 is 0 Å². The maximum atomic E-state index is 5.26. The van der Waals surface area contributed by atoms with Gasteiger partial charge in [-0.3, -0.25) is 0 Å². The zero-order valence-corrected chi connectivity index (χ0v) is 9.60. The molecule has 90 valence electrons. The molecular formula is C10H17N3O3. The van der Waals surface area contributed by atoms with Gasteiger partial charge in [0.05, 0.1) is 18.8 Å². The van der Waals surface area contributed by atoms with Gasteiger partial charge in [0.2, 0.25) is 5.89 Å². The molecule has 1 aliphatic rings. The second-order valence-electron chi connectivity index (χ2n) is 3.85. The predicted molar refractivity (Wildman–Crippen MR) is 56.0 cm³/mol. The Balaban J connectivity index is 1.92. The standard InChI is InChI=1S/C10H17N3O3/c1-14-4-3-9-12-10(16-13-9)8-5-7(15-2)6-11-8/h7-8,11H,3-6H2,1-2H3/t7-,8+/m0/s1. The van der Waals surface area contributed by atoms with Gasteiger partial charge in [0.1, 0.15) is 0 Å². The summed E-state index contributed by atoms with van der Waals surface area (Å²) in [5.41, 5.74) is 0. The smallest absolute Gasteiger partial charge is 0.243 e. The molecule has 1 aromatic rings. The molecule has 1 aliphatic heterocycles. The number of hydrogen-bond acceptors (Lipinski definition) is 6. The normalized spacial score (nSPS) is 25.1. The van der Waals surface area contributed by atoms with Gasteiger partial charge in [-0.25, -0.2) is 0 Å². The summed E-state index contributed by atoms with van der Waals surface area (Å²) in [5.74, 6) is 1.34. The maximum Gasteiger partial charge on any atom is 0.243 e. The molecule has 0 spiro atoms. The number of ether oxygens (including phenoxy) is 2. The third-order valence-electron chi connectivity index (χ3n) is 2.74. The Labute approximate surface area is 94.3 Å². The average Bonchev–Trinajstić information content (AvgIpc) is 2.94. The Morgan fingerprint density at radius 1 is 1.50 bits per heavy atom. The summed E-state index contributed by atoms with van der Waals surface area (Å²) in [6, 6.07) is 0.119. The van der Waals surface area contributed by atoms with Crippen molar-refractivity contribution in [2.75, 3.05) is 27.4 Å². The average molecular weight is 227 g/mol. The molecular weight excluding hydrogens is 210 g/mol. The quantitative estimate of drug-likeness (QED) is 0.780. The minimum atomic E-state index is 0.119. The van der Waals surface area contributed by atoms with Gasteiger partial charge in [-0.15, -0.1) is 0 Å². The van der Waals surface area contributed by atoms with E-state index in [9.17, 15) is 0 Å². The van der Waals surface area contributed by atoms with Crippen LogP contribution < -0.4 is 5.32 Å². The molecule has 0 bridgehead atoms. The molecule has 2 heterocycles. The summed E-state index contributed by atoms with van der Waals surface area (Å²) in [5, 5.41) is 7.19. The van der Waals surface area contributed by atoms with E-state index in [1.807, 2.05) is 0 Å². The van der Waals surface area contributed by atoms with Crippen LogP contribution in [0.4, 0.5) is 0 Å². The van der Waals surface area contributed by atoms with E-state index in [0.717, 1.165) is 13.0 Å². The van der Waals surface area contributed by atoms with Crippen LogP contribution in [0.3, 0.4) is 0 Å². The van der Waals surface area contributed by atoms with Crippen molar-refractivity contribution < 1.29 is 14.0 Å². The van der Waals surface area contributed by atoms with E-state index in [4.69, 9.17) is 14.0 Å². The van der Waals surface area contributed by atoms with Crippen LogP contribution in [0.5, 0.6) is 0 Å². The summed E-state index contributed by atoms with van der Waals surface area (Å²) in [4.78, 5) is 4.32. The van der Waals surface area contributed by atoms with E-state index in [0.29, 0.717) is 24.7 Å². The lowest BCUT2D eigenvalue weighted by molar-refractivity contribution is 0.116. The molecule has 0 aliphatic carbocycles. The fourth-order valence-corrected chi connectivity index (χ4v) is 1.77. The third-order valence-corrected chi connectivity index (χ3v) is 2.74. The molecule has 1 N–H and O–H groups in total. The number of hydrogen-bond donors (Lipinski definition) is 1. The Bertz CT molecular complexity index is 329. The van der Waals surface area contributed by atoms with Crippen molar-refractivity contribution in [3.63, 3.8) is 0 Å². The first-order chi connectivity index (χ1) is 7.83. The Hall–Kier alpha value is -0.980. The summed E-state index contributed by atoms with van der Waals surface area (Å²) in [6.07, 6.45) is 1.79. The molecule has 1 fully saturated rings. The first kappa shape index (κ1) is 11.5. The van der Waals surface area contributed by atoms with Gasteiger partial charge < -0.3 is 19.3 Å². The zero-order valence-electron chi connectivity index (χ0n) is 9.60. The fraction of sp³-hybridized carbons (Fsp3) is 0.800. The molecule has 1 aromatic heterocycles. The van der Waals surface area contributed by atoms with Crippen LogP contribution >= 0.6 is 0 Å². The summed E-state index contributed by atoms with van der Waals surface area (Å²) in [7, 11) is 3.37. The van der Waals surface area contributed by atoms with Gasteiger partial charge in [0.15, 0.2) is 5.82 Å². The number of aromatic nitrogens is 2. The van der Waals surface area contributed by atoms with Crippen LogP contribution in [0.1, 0.15) is 24.2 Å². The molecule has 2 atom stereocenters. The molecule has 0 aromatic carbocycles. The number of nitrogens with one attached hydrogen (secondary N) is 1. The van der Waals surface area contributed by atoms with Crippen molar-refractivity contribution in [2.24, 2.45) is 0 Å². The van der Waals surface area contributed by atoms with Gasteiger partial charge in [-0.05, 0) is 6.42 Å². The Morgan fingerprint density at radius 2 is 2.38 bits per heavy atom. The van der Waals surface area contributed by atoms with Crippen molar-refractivity contribution in [1.82, 2.24) is 15.5 Å². The van der Waals surface area contributed by atoms with E-state index in [1.165, 1.54) is 0 Å². The van der Waals surface area contributed by atoms with Crippen molar-refractivity contribution in [3.05, 3.63) is 11.7 Å². The zero-order chi connectivity index (χ0) is 11.4. The van der Waals surface area contributed by atoms with E-state index >= 15 is 0 Å². The minimum absolute atomic E-state index is 0.119. The first-order valence-electron chi connectivity index (χ1n) is 5.41. The highest BCUT2D eigenvalue weighted by atomic mass is 16.5. The Kier molecular flexibility index (Phi) is 3.87. The van der Waals surface area contributed by atoms with Crippen molar-refractivity contribution in [1.29, 1.82) is 0 Å². The van der Waals surface area contributed by atoms with Crippen LogP contribution in [-0.4, -0.2) is 43.6 Å². The molecule has 6 nitrogen and oxygen atoms in total. The lowest BCUT2D eigenvalue weighted by Gasteiger charge is -2.04. The van der Waals surface area contributed by atoms with Gasteiger partial charge in [0, 0.05) is 27.2 Å². The van der Waals surface area contributed by atoms with Crippen molar-refractivity contribution in [3.8, 4) is 0 Å². The summed E-state index contributed by atoms with van der Waals surface area (Å²) in [6.45, 7) is 1.44. The highest BCUT2D eigenvalue weighted by Crippen LogP contribution is 2.23. The molecule has 2 rings (SSSR count). The number of rotatable bonds is 5. The van der Waals surface area contributed by atoms with Crippen molar-refractivity contribution >= 4 is 0 Å². The van der Waals surface area contributed by atoms with Gasteiger partial charge in [0.25, 0.3) is 0 Å². The van der Waals surface area contributed by atoms with Gasteiger partial charge in [-0.2, -0.15) is 4.98 Å². The van der Waals surface area contributed by atoms with Crippen LogP contribution in [-0.2, 0) is 15.9 Å².